The van der Waals surface area contributed by atoms with Gasteiger partial charge in [0, 0.05) is 22.0 Å². The van der Waals surface area contributed by atoms with E-state index in [1.807, 2.05) is 0 Å². The zero-order valence-corrected chi connectivity index (χ0v) is 22.4. The molecule has 0 spiro atoms. The van der Waals surface area contributed by atoms with Crippen LogP contribution in [0.15, 0.2) is 66.9 Å². The number of ketones is 1. The summed E-state index contributed by atoms with van der Waals surface area (Å²) < 4.78 is 24.0. The number of hydrogen-bond donors (Lipinski definition) is 4. The fourth-order valence-corrected chi connectivity index (χ4v) is 4.93. The van der Waals surface area contributed by atoms with Gasteiger partial charge in [0.05, 0.1) is 43.8 Å². The third-order valence-corrected chi connectivity index (χ3v) is 7.12. The van der Waals surface area contributed by atoms with Gasteiger partial charge in [0.1, 0.15) is 41.7 Å². The Labute approximate surface area is 234 Å². The Kier molecular flexibility index (Phi) is 7.99. The number of nitrogens with zero attached hydrogens (tertiary/aromatic N) is 1. The van der Waals surface area contributed by atoms with E-state index in [2.05, 4.69) is 0 Å². The van der Waals surface area contributed by atoms with Crippen molar-refractivity contribution in [3.05, 3.63) is 83.0 Å². The predicted molar refractivity (Wildman–Crippen MR) is 146 cm³/mol. The second-order valence-corrected chi connectivity index (χ2v) is 9.69. The molecule has 5 rings (SSSR count). The molecule has 0 amide bonds. The van der Waals surface area contributed by atoms with Crippen molar-refractivity contribution in [1.82, 2.24) is 4.57 Å². The fraction of sp³-hybridized carbons (Fsp3) is 0.276. The smallest absolute Gasteiger partial charge is 0.229 e. The quantitative estimate of drug-likeness (QED) is 0.236. The molecule has 0 radical (unpaired) electrons. The Hall–Kier alpha value is -3.64. The summed E-state index contributed by atoms with van der Waals surface area (Å²) in [6.07, 6.45) is -5.64. The molecule has 2 heterocycles. The molecule has 4 N–H and O–H groups in total. The Bertz CT molecular complexity index is 1540. The summed E-state index contributed by atoms with van der Waals surface area (Å²) in [6.45, 7) is -0.591. The normalized spacial score (nSPS) is 22.7. The molecule has 1 saturated heterocycles. The van der Waals surface area contributed by atoms with E-state index in [-0.39, 0.29) is 11.5 Å². The molecule has 0 saturated carbocycles. The van der Waals surface area contributed by atoms with Crippen molar-refractivity contribution in [2.45, 2.75) is 30.7 Å². The molecule has 1 fully saturated rings. The van der Waals surface area contributed by atoms with Crippen LogP contribution in [0.2, 0.25) is 5.02 Å². The number of methoxy groups -OCH3 is 2. The van der Waals surface area contributed by atoms with Crippen LogP contribution in [0.3, 0.4) is 0 Å². The van der Waals surface area contributed by atoms with Crippen LogP contribution in [0.4, 0.5) is 0 Å². The molecule has 5 atom stereocenters. The van der Waals surface area contributed by atoms with Crippen LogP contribution in [0.5, 0.6) is 17.2 Å². The summed E-state index contributed by atoms with van der Waals surface area (Å²) in [7, 11) is 3.00. The van der Waals surface area contributed by atoms with Crippen molar-refractivity contribution in [3.8, 4) is 22.9 Å². The Morgan fingerprint density at radius 3 is 2.42 bits per heavy atom. The molecule has 4 aromatic rings. The van der Waals surface area contributed by atoms with E-state index >= 15 is 0 Å². The van der Waals surface area contributed by atoms with Crippen molar-refractivity contribution < 1.29 is 44.2 Å². The van der Waals surface area contributed by atoms with Gasteiger partial charge in [0.25, 0.3) is 0 Å². The van der Waals surface area contributed by atoms with Crippen molar-refractivity contribution in [2.24, 2.45) is 0 Å². The van der Waals surface area contributed by atoms with Gasteiger partial charge in [-0.25, -0.2) is 0 Å². The maximum absolute atomic E-state index is 13.8. The number of aromatic nitrogens is 1. The zero-order valence-electron chi connectivity index (χ0n) is 21.6. The first kappa shape index (κ1) is 27.9. The van der Waals surface area contributed by atoms with Crippen LogP contribution in [0, 0.1) is 0 Å². The topological polar surface area (TPSA) is 140 Å². The van der Waals surface area contributed by atoms with Crippen LogP contribution >= 0.6 is 11.6 Å². The standard InChI is InChI=1S/C29H28ClNO9/c1-37-16-8-10-19(22(12-16)38-2)25(33)18-5-3-4-6-20(18)31-13-23(17-9-7-15(30)11-21(17)31)39-29-28(36)27(35)26(34)24(14-32)40-29/h3-13,24,26-29,32,34-36H,14H2,1-2H3/t24-,26+,27+,28-,29+/m1/s1. The highest BCUT2D eigenvalue weighted by Gasteiger charge is 2.45. The average Bonchev–Trinajstić information content (AvgIpc) is 3.33. The van der Waals surface area contributed by atoms with Crippen LogP contribution in [0.25, 0.3) is 16.6 Å². The van der Waals surface area contributed by atoms with E-state index < -0.39 is 37.3 Å². The highest BCUT2D eigenvalue weighted by molar-refractivity contribution is 6.31. The van der Waals surface area contributed by atoms with Crippen molar-refractivity contribution in [3.63, 3.8) is 0 Å². The Balaban J connectivity index is 1.59. The third kappa shape index (κ3) is 5.01. The number of para-hydroxylation sites is 1. The van der Waals surface area contributed by atoms with E-state index in [1.54, 1.807) is 71.4 Å². The molecule has 3 aromatic carbocycles. The summed E-state index contributed by atoms with van der Waals surface area (Å²) in [4.78, 5) is 13.8. The third-order valence-electron chi connectivity index (χ3n) is 6.88. The van der Waals surface area contributed by atoms with E-state index in [0.29, 0.717) is 44.2 Å². The average molecular weight is 570 g/mol. The molecule has 210 valence electrons. The lowest BCUT2D eigenvalue weighted by molar-refractivity contribution is -0.277. The first-order valence-electron chi connectivity index (χ1n) is 12.4. The second-order valence-electron chi connectivity index (χ2n) is 9.25. The van der Waals surface area contributed by atoms with Crippen LogP contribution in [-0.2, 0) is 4.74 Å². The molecule has 0 aliphatic carbocycles. The number of carbonyl (C=O) groups is 1. The minimum absolute atomic E-state index is 0.250. The van der Waals surface area contributed by atoms with E-state index in [9.17, 15) is 25.2 Å². The number of carbonyl (C=O) groups excluding carboxylic acids is 1. The number of ether oxygens (including phenoxy) is 4. The maximum Gasteiger partial charge on any atom is 0.229 e. The van der Waals surface area contributed by atoms with E-state index in [4.69, 9.17) is 30.5 Å². The molecule has 1 aliphatic heterocycles. The molecular formula is C29H28ClNO9. The highest BCUT2D eigenvalue weighted by atomic mass is 35.5. The monoisotopic (exact) mass is 569 g/mol. The summed E-state index contributed by atoms with van der Waals surface area (Å²) in [6, 6.07) is 17.0. The van der Waals surface area contributed by atoms with Gasteiger partial charge in [-0.1, -0.05) is 23.7 Å². The lowest BCUT2D eigenvalue weighted by Crippen LogP contribution is -2.60. The van der Waals surface area contributed by atoms with Gasteiger partial charge in [-0.15, -0.1) is 0 Å². The molecule has 0 unspecified atom stereocenters. The van der Waals surface area contributed by atoms with Crippen LogP contribution < -0.4 is 14.2 Å². The first-order chi connectivity index (χ1) is 19.3. The fourth-order valence-electron chi connectivity index (χ4n) is 4.76. The second kappa shape index (κ2) is 11.5. The predicted octanol–water partition coefficient (Wildman–Crippen LogP) is 2.71. The number of fused-ring (bicyclic) bond motifs is 1. The number of halogens is 1. The van der Waals surface area contributed by atoms with Crippen molar-refractivity contribution >= 4 is 28.3 Å². The van der Waals surface area contributed by atoms with Gasteiger partial charge >= 0.3 is 0 Å². The Morgan fingerprint density at radius 1 is 0.925 bits per heavy atom. The summed E-state index contributed by atoms with van der Waals surface area (Å²) in [5.41, 5.74) is 1.81. The summed E-state index contributed by atoms with van der Waals surface area (Å²) in [5.74, 6) is 0.851. The van der Waals surface area contributed by atoms with Crippen molar-refractivity contribution in [1.29, 1.82) is 0 Å². The SMILES string of the molecule is COc1ccc(C(=O)c2ccccc2-n2cc(O[C@H]3O[C@H](CO)[C@H](O)[C@H](O)[C@H]3O)c3ccc(Cl)cc32)c(OC)c1. The van der Waals surface area contributed by atoms with Crippen LogP contribution in [-0.4, -0.2) is 82.3 Å². The van der Waals surface area contributed by atoms with Crippen LogP contribution in [0.1, 0.15) is 15.9 Å². The lowest BCUT2D eigenvalue weighted by Gasteiger charge is -2.39. The molecule has 0 bridgehead atoms. The van der Waals surface area contributed by atoms with Gasteiger partial charge < -0.3 is 43.9 Å². The summed E-state index contributed by atoms with van der Waals surface area (Å²) >= 11 is 6.34. The summed E-state index contributed by atoms with van der Waals surface area (Å²) in [5, 5.41) is 41.4. The van der Waals surface area contributed by atoms with Crippen molar-refractivity contribution in [2.75, 3.05) is 20.8 Å². The largest absolute Gasteiger partial charge is 0.497 e. The zero-order chi connectivity index (χ0) is 28.6. The van der Waals surface area contributed by atoms with E-state index in [0.717, 1.165) is 0 Å². The molecule has 10 nitrogen and oxygen atoms in total. The van der Waals surface area contributed by atoms with Gasteiger partial charge in [-0.2, -0.15) is 0 Å². The Morgan fingerprint density at radius 2 is 1.70 bits per heavy atom. The number of aliphatic hydroxyl groups excluding tert-OH is 4. The number of hydrogen-bond acceptors (Lipinski definition) is 9. The lowest BCUT2D eigenvalue weighted by atomic mass is 9.99. The molecule has 11 heteroatoms. The molecule has 1 aliphatic rings. The maximum atomic E-state index is 13.8. The molecular weight excluding hydrogens is 542 g/mol. The minimum Gasteiger partial charge on any atom is -0.497 e. The molecule has 40 heavy (non-hydrogen) atoms. The van der Waals surface area contributed by atoms with E-state index in [1.165, 1.54) is 14.2 Å². The van der Waals surface area contributed by atoms with Gasteiger partial charge in [0.15, 0.2) is 5.78 Å². The number of aliphatic hydroxyl groups is 4. The minimum atomic E-state index is -1.60. The highest BCUT2D eigenvalue weighted by Crippen LogP contribution is 2.36. The first-order valence-corrected chi connectivity index (χ1v) is 12.8. The number of benzene rings is 3. The number of rotatable bonds is 8. The van der Waals surface area contributed by atoms with Gasteiger partial charge in [-0.05, 0) is 42.5 Å². The molecule has 1 aromatic heterocycles. The van der Waals surface area contributed by atoms with Gasteiger partial charge in [-0.3, -0.25) is 4.79 Å². The van der Waals surface area contributed by atoms with Gasteiger partial charge in [0.2, 0.25) is 6.29 Å².